The molecule has 20 atom stereocenters. The fourth-order valence-corrected chi connectivity index (χ4v) is 15.0. The Kier molecular flexibility index (Phi) is 13.4. The number of carbonyl (C=O) groups excluding carboxylic acids is 1. The van der Waals surface area contributed by atoms with Gasteiger partial charge in [-0.2, -0.15) is 0 Å². The average Bonchev–Trinajstić information content (AvgIpc) is 3.27. The molecular weight excluding hydrogens is 897 g/mol. The maximum atomic E-state index is 14.7. The summed E-state index contributed by atoms with van der Waals surface area (Å²) in [6.07, 6.45) is -9.44. The van der Waals surface area contributed by atoms with Crippen molar-refractivity contribution in [2.45, 2.75) is 192 Å². The molecule has 3 saturated heterocycles. The summed E-state index contributed by atoms with van der Waals surface area (Å²) in [6.45, 7) is 14.2. The van der Waals surface area contributed by atoms with E-state index < -0.39 is 128 Å². The highest BCUT2D eigenvalue weighted by molar-refractivity contribution is 5.79. The molecule has 68 heavy (non-hydrogen) atoms. The summed E-state index contributed by atoms with van der Waals surface area (Å²) in [5, 5.41) is 83.0. The van der Waals surface area contributed by atoms with E-state index in [0.29, 0.717) is 25.7 Å². The van der Waals surface area contributed by atoms with Gasteiger partial charge in [0.1, 0.15) is 49.3 Å². The number of esters is 1. The van der Waals surface area contributed by atoms with Gasteiger partial charge in [0.15, 0.2) is 12.4 Å². The van der Waals surface area contributed by atoms with Gasteiger partial charge in [-0.25, -0.2) is 14.4 Å². The van der Waals surface area contributed by atoms with Crippen LogP contribution in [-0.4, -0.2) is 165 Å². The second-order valence-electron chi connectivity index (χ2n) is 23.1. The normalized spacial score (nSPS) is 49.3. The molecule has 0 amide bonds. The lowest BCUT2D eigenvalue weighted by Gasteiger charge is -2.71. The number of carbonyl (C=O) groups is 4. The molecule has 384 valence electrons. The third kappa shape index (κ3) is 7.77. The van der Waals surface area contributed by atoms with Crippen LogP contribution in [0.15, 0.2) is 11.6 Å². The molecule has 5 aliphatic carbocycles. The van der Waals surface area contributed by atoms with Gasteiger partial charge in [-0.05, 0) is 109 Å². The van der Waals surface area contributed by atoms with E-state index in [0.717, 1.165) is 45.6 Å². The van der Waals surface area contributed by atoms with Crippen molar-refractivity contribution in [1.29, 1.82) is 0 Å². The molecule has 0 aromatic rings. The number of ether oxygens (including phenoxy) is 8. The van der Waals surface area contributed by atoms with Crippen molar-refractivity contribution in [2.24, 2.45) is 50.2 Å². The fourth-order valence-electron chi connectivity index (χ4n) is 15.0. The first-order valence-corrected chi connectivity index (χ1v) is 24.1. The summed E-state index contributed by atoms with van der Waals surface area (Å²) in [5.74, 6) is -7.96. The Morgan fingerprint density at radius 3 is 2.09 bits per heavy atom. The molecule has 8 rings (SSSR count). The number of carboxylic acid groups (broad SMARTS) is 3. The zero-order chi connectivity index (χ0) is 49.9. The predicted octanol–water partition coefficient (Wildman–Crippen LogP) is 2.33. The van der Waals surface area contributed by atoms with Gasteiger partial charge >= 0.3 is 29.7 Å². The van der Waals surface area contributed by atoms with E-state index in [1.807, 2.05) is 0 Å². The molecule has 0 spiro atoms. The van der Waals surface area contributed by atoms with Gasteiger partial charge in [0.05, 0.1) is 18.1 Å². The van der Waals surface area contributed by atoms with Crippen LogP contribution in [0.1, 0.15) is 113 Å². The smallest absolute Gasteiger partial charge is 0.370 e. The van der Waals surface area contributed by atoms with Gasteiger partial charge in [-0.3, -0.25) is 4.79 Å². The molecule has 0 bridgehead atoms. The molecule has 0 radical (unpaired) electrons. The van der Waals surface area contributed by atoms with Crippen molar-refractivity contribution in [3.8, 4) is 0 Å². The monoisotopic (exact) mass is 968 g/mol. The Labute approximate surface area is 395 Å². The lowest BCUT2D eigenvalue weighted by atomic mass is 9.33. The summed E-state index contributed by atoms with van der Waals surface area (Å²) in [5.41, 5.74) is -1.00. The van der Waals surface area contributed by atoms with Gasteiger partial charge in [0.25, 0.3) is 0 Å². The molecular formula is C48H72O20. The summed E-state index contributed by atoms with van der Waals surface area (Å²) >= 11 is 0. The minimum Gasteiger partial charge on any atom is -0.480 e. The number of aliphatic carboxylic acids is 3. The molecule has 8 aliphatic rings. The molecule has 20 nitrogen and oxygen atoms in total. The quantitative estimate of drug-likeness (QED) is 0.0837. The van der Waals surface area contributed by atoms with Crippen LogP contribution in [0.25, 0.3) is 0 Å². The van der Waals surface area contributed by atoms with Gasteiger partial charge in [0, 0.05) is 7.11 Å². The predicted molar refractivity (Wildman–Crippen MR) is 231 cm³/mol. The van der Waals surface area contributed by atoms with E-state index in [1.165, 1.54) is 5.57 Å². The van der Waals surface area contributed by atoms with Crippen molar-refractivity contribution < 1.29 is 97.9 Å². The molecule has 0 aromatic heterocycles. The Bertz CT molecular complexity index is 2010. The minimum absolute atomic E-state index is 0.0829. The first-order chi connectivity index (χ1) is 31.7. The highest BCUT2D eigenvalue weighted by Gasteiger charge is 2.71. The number of allylic oxidation sites excluding steroid dienone is 2. The maximum absolute atomic E-state index is 14.7. The fraction of sp³-hybridized carbons (Fsp3) is 0.875. The van der Waals surface area contributed by atoms with Gasteiger partial charge in [-0.15, -0.1) is 0 Å². The van der Waals surface area contributed by atoms with Crippen LogP contribution < -0.4 is 0 Å². The molecule has 3 heterocycles. The van der Waals surface area contributed by atoms with E-state index in [-0.39, 0.29) is 39.4 Å². The largest absolute Gasteiger partial charge is 0.480 e. The second-order valence-corrected chi connectivity index (χ2v) is 23.1. The van der Waals surface area contributed by atoms with Crippen LogP contribution in [0, 0.1) is 50.2 Å². The highest BCUT2D eigenvalue weighted by atomic mass is 16.8. The van der Waals surface area contributed by atoms with Crippen LogP contribution >= 0.6 is 0 Å². The standard InChI is InChI=1S/C48H72O20/c1-42(2)15-17-47(40(60)67-37-31(54)30(53)29(52)24(20-49)63-37)18-16-45(6)22(23(47)19-42)9-10-26-44(5)13-12-27(43(3,4)25(44)11-14-46(26,45)7)64-38-32(55)33-34(35(65-38)36(56)57)68-48(61-8,39(58)59)41(66-33)62-21-28(50)51/h9,23-27,29-35,37-38,41,49,52-55H,10-21H2,1-8H3,(H,50,51)(H,56,57)(H,58,59)/t23-,24-,25+,26-,27-,29-,30+,31-,32+,33-,34-,35-,37+,38+,41-,44-,45+,46+,47-,48-/m0/s1. The van der Waals surface area contributed by atoms with Gasteiger partial charge in [-0.1, -0.05) is 60.1 Å². The Morgan fingerprint density at radius 1 is 0.765 bits per heavy atom. The van der Waals surface area contributed by atoms with Crippen LogP contribution in [0.5, 0.6) is 0 Å². The van der Waals surface area contributed by atoms with Crippen LogP contribution in [0.2, 0.25) is 0 Å². The van der Waals surface area contributed by atoms with Gasteiger partial charge in [0.2, 0.25) is 12.6 Å². The SMILES string of the molecule is CO[C@@]1(C(=O)O)O[C@H]2[C@@H](O[C@@H]1OCC(=O)O)[C@@H](O)[C@H](O[C@H]1CC[C@@]3(C)[C@H](CC[C@]4(C)[C@H]3CC=C3[C@@H]5CC(C)(C)CC[C@]5(C(=O)O[C@H]5O[C@@H](CO)[C@H](O)[C@@H](O)[C@@H]5O)CC[C@]34C)C1(C)C)O[C@@H]2C(=O)O. The van der Waals surface area contributed by atoms with Crippen molar-refractivity contribution in [3.05, 3.63) is 11.6 Å². The van der Waals surface area contributed by atoms with Crippen LogP contribution in [0.3, 0.4) is 0 Å². The zero-order valence-corrected chi connectivity index (χ0v) is 40.2. The molecule has 4 saturated carbocycles. The van der Waals surface area contributed by atoms with E-state index in [9.17, 15) is 60.0 Å². The van der Waals surface area contributed by atoms with E-state index in [2.05, 4.69) is 54.5 Å². The number of rotatable bonds is 11. The summed E-state index contributed by atoms with van der Waals surface area (Å²) < 4.78 is 46.1. The molecule has 20 heteroatoms. The van der Waals surface area contributed by atoms with E-state index in [4.69, 9.17) is 37.9 Å². The van der Waals surface area contributed by atoms with Crippen molar-refractivity contribution in [3.63, 3.8) is 0 Å². The summed E-state index contributed by atoms with van der Waals surface area (Å²) in [4.78, 5) is 51.3. The third-order valence-electron chi connectivity index (χ3n) is 19.0. The van der Waals surface area contributed by atoms with Gasteiger partial charge < -0.3 is 78.7 Å². The topological polar surface area (TPSA) is 304 Å². The first-order valence-electron chi connectivity index (χ1n) is 24.1. The Balaban J connectivity index is 1.04. The third-order valence-corrected chi connectivity index (χ3v) is 19.0. The summed E-state index contributed by atoms with van der Waals surface area (Å²) in [6, 6.07) is 0. The van der Waals surface area contributed by atoms with Crippen LogP contribution in [0.4, 0.5) is 0 Å². The lowest BCUT2D eigenvalue weighted by Crippen LogP contribution is -2.73. The number of carboxylic acids is 3. The number of fused-ring (bicyclic) bond motifs is 8. The number of methoxy groups -OCH3 is 1. The number of hydrogen-bond acceptors (Lipinski definition) is 17. The van der Waals surface area contributed by atoms with Crippen molar-refractivity contribution >= 4 is 23.9 Å². The van der Waals surface area contributed by atoms with Crippen molar-refractivity contribution in [1.82, 2.24) is 0 Å². The van der Waals surface area contributed by atoms with Crippen molar-refractivity contribution in [2.75, 3.05) is 20.3 Å². The number of aliphatic hydroxyl groups excluding tert-OH is 5. The molecule has 8 N–H and O–H groups in total. The molecule has 0 unspecified atom stereocenters. The first kappa shape index (κ1) is 51.5. The van der Waals surface area contributed by atoms with E-state index >= 15 is 0 Å². The van der Waals surface area contributed by atoms with E-state index in [1.54, 1.807) is 0 Å². The Morgan fingerprint density at radius 2 is 1.46 bits per heavy atom. The maximum Gasteiger partial charge on any atom is 0.370 e. The highest BCUT2D eigenvalue weighted by Crippen LogP contribution is 2.76. The zero-order valence-electron chi connectivity index (χ0n) is 40.2. The lowest BCUT2D eigenvalue weighted by molar-refractivity contribution is -0.438. The Hall–Kier alpha value is -2.86. The molecule has 0 aromatic carbocycles. The summed E-state index contributed by atoms with van der Waals surface area (Å²) in [7, 11) is 0.945. The minimum atomic E-state index is -2.80. The molecule has 7 fully saturated rings. The second kappa shape index (κ2) is 17.7. The van der Waals surface area contributed by atoms with Crippen LogP contribution in [-0.2, 0) is 57.1 Å². The number of aliphatic hydroxyl groups is 5. The average molecular weight is 969 g/mol. The number of hydrogen-bond donors (Lipinski definition) is 8. The molecule has 3 aliphatic heterocycles.